The Balaban J connectivity index is 0. The van der Waals surface area contributed by atoms with E-state index in [0.29, 0.717) is 0 Å². The van der Waals surface area contributed by atoms with Crippen LogP contribution in [0.3, 0.4) is 0 Å². The molecule has 0 rings (SSSR count). The SMILES string of the molecule is CC(C)(C)N.CCCCCN. The summed E-state index contributed by atoms with van der Waals surface area (Å²) >= 11 is 0. The van der Waals surface area contributed by atoms with Gasteiger partial charge in [-0.25, -0.2) is 0 Å². The van der Waals surface area contributed by atoms with Crippen LogP contribution < -0.4 is 11.5 Å². The first-order chi connectivity index (χ1) is 4.91. The zero-order valence-corrected chi connectivity index (χ0v) is 8.48. The molecule has 0 heterocycles. The van der Waals surface area contributed by atoms with E-state index in [1.54, 1.807) is 0 Å². The summed E-state index contributed by atoms with van der Waals surface area (Å²) < 4.78 is 0. The predicted molar refractivity (Wildman–Crippen MR) is 52.5 cm³/mol. The molecule has 0 spiro atoms. The Hall–Kier alpha value is -0.0800. The van der Waals surface area contributed by atoms with Gasteiger partial charge in [0.25, 0.3) is 0 Å². The van der Waals surface area contributed by atoms with Crippen LogP contribution in [-0.2, 0) is 0 Å². The summed E-state index contributed by atoms with van der Waals surface area (Å²) in [4.78, 5) is 0. The van der Waals surface area contributed by atoms with E-state index in [0.717, 1.165) is 6.54 Å². The Labute approximate surface area is 71.3 Å². The molecule has 0 aromatic heterocycles. The lowest BCUT2D eigenvalue weighted by molar-refractivity contribution is 0.580. The lowest BCUT2D eigenvalue weighted by atomic mass is 10.1. The van der Waals surface area contributed by atoms with Gasteiger partial charge >= 0.3 is 0 Å². The van der Waals surface area contributed by atoms with Crippen LogP contribution in [0.1, 0.15) is 47.0 Å². The normalized spacial score (nSPS) is 10.4. The summed E-state index contributed by atoms with van der Waals surface area (Å²) in [5.41, 5.74) is 10.6. The quantitative estimate of drug-likeness (QED) is 0.619. The molecule has 0 saturated heterocycles. The molecule has 0 unspecified atom stereocenters. The molecule has 0 bridgehead atoms. The fourth-order valence-corrected chi connectivity index (χ4v) is 0.394. The highest BCUT2D eigenvalue weighted by molar-refractivity contribution is 4.60. The van der Waals surface area contributed by atoms with E-state index in [-0.39, 0.29) is 5.54 Å². The second kappa shape index (κ2) is 8.02. The topological polar surface area (TPSA) is 52.0 Å². The van der Waals surface area contributed by atoms with Gasteiger partial charge in [-0.15, -0.1) is 0 Å². The third kappa shape index (κ3) is 73.0. The van der Waals surface area contributed by atoms with Crippen LogP contribution in [0.15, 0.2) is 0 Å². The maximum absolute atomic E-state index is 5.35. The van der Waals surface area contributed by atoms with Crippen molar-refractivity contribution in [1.29, 1.82) is 0 Å². The molecule has 0 aliphatic rings. The van der Waals surface area contributed by atoms with Gasteiger partial charge in [0.05, 0.1) is 0 Å². The molecule has 4 N–H and O–H groups in total. The highest BCUT2D eigenvalue weighted by Gasteiger charge is 1.95. The average molecular weight is 160 g/mol. The van der Waals surface area contributed by atoms with Crippen molar-refractivity contribution in [2.24, 2.45) is 11.5 Å². The van der Waals surface area contributed by atoms with E-state index in [9.17, 15) is 0 Å². The highest BCUT2D eigenvalue weighted by atomic mass is 14.7. The summed E-state index contributed by atoms with van der Waals surface area (Å²) in [7, 11) is 0. The first kappa shape index (κ1) is 13.5. The molecule has 0 atom stereocenters. The summed E-state index contributed by atoms with van der Waals surface area (Å²) in [6, 6.07) is 0. The van der Waals surface area contributed by atoms with E-state index < -0.39 is 0 Å². The van der Waals surface area contributed by atoms with Gasteiger partial charge in [0.15, 0.2) is 0 Å². The summed E-state index contributed by atoms with van der Waals surface area (Å²) in [5, 5.41) is 0. The van der Waals surface area contributed by atoms with Crippen LogP contribution in [-0.4, -0.2) is 12.1 Å². The molecule has 11 heavy (non-hydrogen) atoms. The van der Waals surface area contributed by atoms with Gasteiger partial charge in [-0.1, -0.05) is 19.8 Å². The van der Waals surface area contributed by atoms with Crippen molar-refractivity contribution in [3.05, 3.63) is 0 Å². The maximum Gasteiger partial charge on any atom is 0.00686 e. The molecule has 0 radical (unpaired) electrons. The van der Waals surface area contributed by atoms with E-state index in [2.05, 4.69) is 6.92 Å². The molecule has 0 aliphatic heterocycles. The smallest absolute Gasteiger partial charge is 0.00686 e. The number of hydrogen-bond acceptors (Lipinski definition) is 2. The van der Waals surface area contributed by atoms with Gasteiger partial charge < -0.3 is 11.5 Å². The summed E-state index contributed by atoms with van der Waals surface area (Å²) in [5.74, 6) is 0. The van der Waals surface area contributed by atoms with Crippen LogP contribution in [0.5, 0.6) is 0 Å². The first-order valence-electron chi connectivity index (χ1n) is 4.40. The van der Waals surface area contributed by atoms with Gasteiger partial charge in [0, 0.05) is 5.54 Å². The zero-order chi connectivity index (χ0) is 9.33. The van der Waals surface area contributed by atoms with Gasteiger partial charge in [-0.2, -0.15) is 0 Å². The molecule has 0 amide bonds. The Morgan fingerprint density at radius 3 is 1.55 bits per heavy atom. The number of hydrogen-bond donors (Lipinski definition) is 2. The Bertz CT molecular complexity index is 54.5. The van der Waals surface area contributed by atoms with Gasteiger partial charge in [-0.05, 0) is 33.7 Å². The van der Waals surface area contributed by atoms with E-state index >= 15 is 0 Å². The fourth-order valence-electron chi connectivity index (χ4n) is 0.394. The minimum Gasteiger partial charge on any atom is -0.330 e. The molecular formula is C9H24N2. The molecule has 0 aliphatic carbocycles. The monoisotopic (exact) mass is 160 g/mol. The van der Waals surface area contributed by atoms with Crippen LogP contribution >= 0.6 is 0 Å². The molecule has 0 fully saturated rings. The number of nitrogens with two attached hydrogens (primary N) is 2. The van der Waals surface area contributed by atoms with Crippen LogP contribution in [0.25, 0.3) is 0 Å². The van der Waals surface area contributed by atoms with Crippen LogP contribution in [0, 0.1) is 0 Å². The number of unbranched alkanes of at least 4 members (excludes halogenated alkanes) is 2. The van der Waals surface area contributed by atoms with Crippen molar-refractivity contribution < 1.29 is 0 Å². The lowest BCUT2D eigenvalue weighted by Crippen LogP contribution is -2.26. The van der Waals surface area contributed by atoms with E-state index in [4.69, 9.17) is 11.5 Å². The van der Waals surface area contributed by atoms with Crippen molar-refractivity contribution >= 4 is 0 Å². The molecule has 0 aromatic carbocycles. The molecule has 2 nitrogen and oxygen atoms in total. The third-order valence-electron chi connectivity index (χ3n) is 0.808. The zero-order valence-electron chi connectivity index (χ0n) is 8.48. The summed E-state index contributed by atoms with van der Waals surface area (Å²) in [6.45, 7) is 8.93. The second-order valence-electron chi connectivity index (χ2n) is 3.86. The van der Waals surface area contributed by atoms with Gasteiger partial charge in [-0.3, -0.25) is 0 Å². The first-order valence-corrected chi connectivity index (χ1v) is 4.40. The van der Waals surface area contributed by atoms with Crippen LogP contribution in [0.2, 0.25) is 0 Å². The molecule has 70 valence electrons. The average Bonchev–Trinajstić information content (AvgIpc) is 1.79. The van der Waals surface area contributed by atoms with Crippen molar-refractivity contribution in [2.75, 3.05) is 6.54 Å². The lowest BCUT2D eigenvalue weighted by Gasteiger charge is -2.06. The standard InChI is InChI=1S/C5H13N.C4H11N/c1-2-3-4-5-6;1-4(2,3)5/h2-6H2,1H3;5H2,1-3H3. The minimum atomic E-state index is 0. The van der Waals surface area contributed by atoms with Gasteiger partial charge in [0.2, 0.25) is 0 Å². The van der Waals surface area contributed by atoms with Gasteiger partial charge in [0.1, 0.15) is 0 Å². The van der Waals surface area contributed by atoms with Crippen LogP contribution in [0.4, 0.5) is 0 Å². The fraction of sp³-hybridized carbons (Fsp3) is 1.00. The Morgan fingerprint density at radius 1 is 1.09 bits per heavy atom. The van der Waals surface area contributed by atoms with Crippen molar-refractivity contribution in [2.45, 2.75) is 52.5 Å². The third-order valence-corrected chi connectivity index (χ3v) is 0.808. The minimum absolute atomic E-state index is 0. The molecule has 0 aromatic rings. The van der Waals surface area contributed by atoms with Crippen molar-refractivity contribution in [1.82, 2.24) is 0 Å². The van der Waals surface area contributed by atoms with Crippen molar-refractivity contribution in [3.8, 4) is 0 Å². The maximum atomic E-state index is 5.35. The van der Waals surface area contributed by atoms with E-state index in [1.807, 2.05) is 20.8 Å². The largest absolute Gasteiger partial charge is 0.330 e. The molecular weight excluding hydrogens is 136 g/mol. The molecule has 2 heteroatoms. The Kier molecular flexibility index (Phi) is 9.85. The molecule has 0 saturated carbocycles. The van der Waals surface area contributed by atoms with E-state index in [1.165, 1.54) is 19.3 Å². The highest BCUT2D eigenvalue weighted by Crippen LogP contribution is 1.88. The van der Waals surface area contributed by atoms with Crippen molar-refractivity contribution in [3.63, 3.8) is 0 Å². The summed E-state index contributed by atoms with van der Waals surface area (Å²) in [6.07, 6.45) is 3.75. The predicted octanol–water partition coefficient (Wildman–Crippen LogP) is 1.88. The second-order valence-corrected chi connectivity index (χ2v) is 3.86. The Morgan fingerprint density at radius 2 is 1.45 bits per heavy atom. The number of rotatable bonds is 3.